The predicted octanol–water partition coefficient (Wildman–Crippen LogP) is -3.32. The van der Waals surface area contributed by atoms with Crippen molar-refractivity contribution in [2.24, 2.45) is 7.05 Å². The summed E-state index contributed by atoms with van der Waals surface area (Å²) >= 11 is 0. The van der Waals surface area contributed by atoms with Crippen molar-refractivity contribution in [3.05, 3.63) is 54.1 Å². The van der Waals surface area contributed by atoms with Crippen molar-refractivity contribution in [2.45, 2.75) is 80.0 Å². The van der Waals surface area contributed by atoms with E-state index in [1.54, 1.807) is 7.05 Å². The van der Waals surface area contributed by atoms with E-state index in [0.717, 1.165) is 6.08 Å². The lowest BCUT2D eigenvalue weighted by Gasteiger charge is -2.21. The summed E-state index contributed by atoms with van der Waals surface area (Å²) in [7, 11) is -37.6. The summed E-state index contributed by atoms with van der Waals surface area (Å²) < 4.78 is 144. The van der Waals surface area contributed by atoms with Gasteiger partial charge in [-0.25, -0.2) is 41.9 Å². The number of nitrogens with zero attached hydrogens (tertiary/aromatic N) is 4. The van der Waals surface area contributed by atoms with Gasteiger partial charge < -0.3 is 98.0 Å². The Morgan fingerprint density at radius 1 is 0.610 bits per heavy atom. The maximum absolute atomic E-state index is 12.3. The van der Waals surface area contributed by atoms with Gasteiger partial charge in [0.15, 0.2) is 17.4 Å². The van der Waals surface area contributed by atoms with Gasteiger partial charge in [-0.3, -0.25) is 38.5 Å². The fourth-order valence-electron chi connectivity index (χ4n) is 7.24. The Balaban J connectivity index is 0.000000290. The third-order valence-corrected chi connectivity index (χ3v) is 20.6. The summed E-state index contributed by atoms with van der Waals surface area (Å²) in [5.41, 5.74) is 0.0487. The second kappa shape index (κ2) is 26.3. The molecular weight excluding hydrogens is 1270 g/mol. The first-order chi connectivity index (χ1) is 37.7. The van der Waals surface area contributed by atoms with Crippen molar-refractivity contribution in [3.8, 4) is 11.5 Å². The molecule has 1 aromatic carbocycles. The Kier molecular flexibility index (Phi) is 21.8. The number of benzene rings is 1. The third kappa shape index (κ3) is 18.1. The number of carbonyl (C=O) groups is 2. The van der Waals surface area contributed by atoms with Crippen molar-refractivity contribution >= 4 is 77.7 Å². The van der Waals surface area contributed by atoms with Crippen molar-refractivity contribution in [1.82, 2.24) is 24.4 Å². The van der Waals surface area contributed by atoms with Crippen molar-refractivity contribution in [3.63, 3.8) is 0 Å². The quantitative estimate of drug-likeness (QED) is 0.0308. The molecule has 3 aromatic rings. The number of carbonyl (C=O) groups excluding carboxylic acids is 2. The minimum absolute atomic E-state index is 0.00555. The number of rotatable bonds is 24. The van der Waals surface area contributed by atoms with Gasteiger partial charge in [0.2, 0.25) is 12.2 Å². The normalized spacial score (nSPS) is 31.2. The van der Waals surface area contributed by atoms with Crippen LogP contribution >= 0.6 is 54.8 Å². The molecule has 0 spiro atoms. The Morgan fingerprint density at radius 2 is 1.07 bits per heavy atom. The van der Waals surface area contributed by atoms with Crippen LogP contribution < -0.4 is 20.3 Å². The van der Waals surface area contributed by atoms with Gasteiger partial charge in [-0.1, -0.05) is 6.08 Å². The van der Waals surface area contributed by atoms with Crippen LogP contribution in [0.1, 0.15) is 12.6 Å². The highest BCUT2D eigenvalue weighted by Gasteiger charge is 2.52. The third-order valence-electron chi connectivity index (χ3n) is 10.9. The summed E-state index contributed by atoms with van der Waals surface area (Å²) in [6.07, 6.45) is -16.2. The summed E-state index contributed by atoms with van der Waals surface area (Å²) in [4.78, 5) is 106. The van der Waals surface area contributed by atoms with E-state index < -0.39 is 160 Å². The summed E-state index contributed by atoms with van der Waals surface area (Å²) in [6.45, 7) is -3.23. The van der Waals surface area contributed by atoms with Crippen molar-refractivity contribution in [2.75, 3.05) is 26.9 Å². The van der Waals surface area contributed by atoms with Crippen LogP contribution in [0.2, 0.25) is 0 Å². The van der Waals surface area contributed by atoms with Crippen LogP contribution in [0.3, 0.4) is 0 Å². The lowest BCUT2D eigenvalue weighted by Crippen LogP contribution is -2.42. The molecule has 82 heavy (non-hydrogen) atoms. The number of aliphatic hydroxyl groups is 6. The molecule has 2 amide bonds. The molecule has 6 unspecified atom stereocenters. The van der Waals surface area contributed by atoms with Crippen LogP contribution in [0.25, 0.3) is 11.2 Å². The fourth-order valence-corrected chi connectivity index (χ4v) is 15.2. The van der Waals surface area contributed by atoms with E-state index in [-0.39, 0.29) is 34.4 Å². The highest BCUT2D eigenvalue weighted by molar-refractivity contribution is 7.69. The molecule has 49 heteroatoms. The lowest BCUT2D eigenvalue weighted by molar-refractivity contribution is -0.130. The molecule has 0 saturated carbocycles. The number of hydrogen-bond donors (Lipinski definition) is 16. The summed E-state index contributed by atoms with van der Waals surface area (Å²) in [6, 6.07) is 5.88. The highest BCUT2D eigenvalue weighted by atomic mass is 31.3. The first-order valence-corrected chi connectivity index (χ1v) is 32.6. The van der Waals surface area contributed by atoms with E-state index >= 15 is 0 Å². The zero-order valence-electron chi connectivity index (χ0n) is 41.0. The number of phosphoric ester groups is 3. The number of aromatic nitrogens is 4. The zero-order valence-corrected chi connectivity index (χ0v) is 47.2. The second-order valence-electron chi connectivity index (χ2n) is 16.8. The van der Waals surface area contributed by atoms with Gasteiger partial charge in [0.25, 0.3) is 5.91 Å². The number of aryl methyl sites for hydroxylation is 1. The van der Waals surface area contributed by atoms with Gasteiger partial charge in [-0.15, -0.1) is 0 Å². The molecule has 0 aliphatic carbocycles. The fraction of sp³-hybridized carbons (Fsp3) is 0.545. The maximum atomic E-state index is 12.3. The smallest absolute Gasteiger partial charge is 0.490 e. The zero-order chi connectivity index (χ0) is 61.3. The van der Waals surface area contributed by atoms with Crippen molar-refractivity contribution < 1.29 is 170 Å². The van der Waals surface area contributed by atoms with Crippen molar-refractivity contribution in [1.29, 1.82) is 5.41 Å². The molecule has 7 rings (SSSR count). The molecule has 3 saturated heterocycles. The average molecular weight is 1320 g/mol. The number of nitrogens with one attached hydrogen (secondary N) is 2. The van der Waals surface area contributed by atoms with Gasteiger partial charge in [0.1, 0.15) is 78.1 Å². The molecule has 6 heterocycles. The Hall–Kier alpha value is -3.34. The molecule has 3 fully saturated rings. The summed E-state index contributed by atoms with van der Waals surface area (Å²) in [5.74, 6) is -0.972. The minimum Gasteiger partial charge on any atom is -0.497 e. The van der Waals surface area contributed by atoms with Gasteiger partial charge in [-0.2, -0.15) is 21.6 Å². The monoisotopic (exact) mass is 1320 g/mol. The van der Waals surface area contributed by atoms with E-state index in [4.69, 9.17) is 43.8 Å². The Morgan fingerprint density at radius 3 is 1.59 bits per heavy atom. The lowest BCUT2D eigenvalue weighted by atomic mass is 9.98. The molecular formula is C33H49N6O36P7. The van der Waals surface area contributed by atoms with Gasteiger partial charge >= 0.3 is 54.8 Å². The van der Waals surface area contributed by atoms with Gasteiger partial charge in [0.05, 0.1) is 39.6 Å². The molecule has 16 N–H and O–H groups in total. The first kappa shape index (κ1) is 67.8. The topological polar surface area (TPSA) is 628 Å². The van der Waals surface area contributed by atoms with E-state index in [2.05, 4.69) is 45.1 Å². The number of imidazole rings is 1. The SMILES string of the molecule is COc1ccc(O[C@@H]2O[C@H](COP(=O)(O)OP(=O)(O)OP(=O)(O)OP(=O)(O)OC[C@H]3O[C@@H](C4=CCC(=O)NC4=O)[C@H](O)[C@@H]3O)[C@@H](O)[C@H]2O)cc1.Cn1cnc2c(ncn2[C@@H]2O[C@H](COP(=O)(O)OP(=O)(O)OP(=O)(O)O)[C@@H](O)[C@H]2O)c1=N. The predicted molar refractivity (Wildman–Crippen MR) is 253 cm³/mol. The van der Waals surface area contributed by atoms with Crippen LogP contribution in [0.15, 0.2) is 48.6 Å². The van der Waals surface area contributed by atoms with Gasteiger partial charge in [-0.05, 0) is 24.3 Å². The van der Waals surface area contributed by atoms with E-state index in [1.807, 2.05) is 5.32 Å². The number of ether oxygens (including phenoxy) is 5. The number of fused-ring (bicyclic) bond motifs is 1. The molecule has 0 bridgehead atoms. The number of methoxy groups -OCH3 is 1. The number of aliphatic hydroxyl groups excluding tert-OH is 6. The number of hydrogen-bond acceptors (Lipinski definition) is 31. The molecule has 18 atom stereocenters. The molecule has 42 nitrogen and oxygen atoms in total. The molecule has 462 valence electrons. The first-order valence-electron chi connectivity index (χ1n) is 22.1. The van der Waals surface area contributed by atoms with Crippen LogP contribution in [0.4, 0.5) is 0 Å². The Labute approximate surface area is 456 Å². The number of phosphoric acid groups is 7. The Bertz CT molecular complexity index is 3270. The molecule has 2 aromatic heterocycles. The van der Waals surface area contributed by atoms with Gasteiger partial charge in [0, 0.05) is 19.0 Å². The molecule has 0 radical (unpaired) electrons. The number of imide groups is 1. The standard InChI is InChI=1S/C22H31NO23P4.C11H18N5O13P3/c1-38-10-2-4-11(5-3-10)41-22-19(28)17(26)14(43-22)9-40-48(32,33)45-50(36,37)46-49(34,35)44-47(30,31)39-8-13-16(25)18(27)20(42-13)12-6-7-15(24)23-21(12)29;1-15-3-14-10-6(9(15)12)13-4-16(10)11-8(18)7(17)5(27-11)2-26-31(22,23)29-32(24,25)28-30(19,20)21/h2-6,13-14,16-20,22,25-28H,7-9H2,1H3,(H,30,31)(H,32,33)(H,34,35)(H,36,37)(H,23,24,29);3-5,7-8,11-12,17-18H,2H2,1H3,(H,22,23)(H,24,25)(H2,19,20,21)/t13-,14-,16-,17-,18-,19-,20+,22-;5-,7-,8-,11-/m11/s1. The highest BCUT2D eigenvalue weighted by Crippen LogP contribution is 2.72. The van der Waals surface area contributed by atoms with E-state index in [9.17, 15) is 96.7 Å². The summed E-state index contributed by atoms with van der Waals surface area (Å²) in [5, 5.41) is 71.3. The van der Waals surface area contributed by atoms with E-state index in [1.165, 1.54) is 53.2 Å². The largest absolute Gasteiger partial charge is 0.497 e. The second-order valence-corrected chi connectivity index (χ2v) is 27.5. The van der Waals surface area contributed by atoms with Crippen LogP contribution in [-0.4, -0.2) is 195 Å². The maximum Gasteiger partial charge on any atom is 0.490 e. The van der Waals surface area contributed by atoms with Crippen LogP contribution in [0, 0.1) is 5.41 Å². The molecule has 4 aliphatic rings. The molecule has 4 aliphatic heterocycles. The van der Waals surface area contributed by atoms with Crippen LogP contribution in [-0.2, 0) is 97.9 Å². The average Bonchev–Trinajstić information content (AvgIpc) is 4.27. The van der Waals surface area contributed by atoms with Crippen LogP contribution in [0.5, 0.6) is 11.5 Å². The minimum atomic E-state index is -6.20. The number of amides is 2. The van der Waals surface area contributed by atoms with E-state index in [0.29, 0.717) is 5.75 Å².